The first-order valence-electron chi connectivity index (χ1n) is 9.42. The summed E-state index contributed by atoms with van der Waals surface area (Å²) in [6, 6.07) is 25.5. The highest BCUT2D eigenvalue weighted by Crippen LogP contribution is 2.22. The van der Waals surface area contributed by atoms with Gasteiger partial charge in [-0.05, 0) is 73.5 Å². The lowest BCUT2D eigenvalue weighted by molar-refractivity contribution is 0.402. The van der Waals surface area contributed by atoms with Crippen LogP contribution in [0.4, 0.5) is 5.69 Å². The first-order valence-corrected chi connectivity index (χ1v) is 9.80. The van der Waals surface area contributed by atoms with Gasteiger partial charge in [-0.25, -0.2) is 0 Å². The summed E-state index contributed by atoms with van der Waals surface area (Å²) < 4.78 is 0. The Bertz CT molecular complexity index is 822. The van der Waals surface area contributed by atoms with Gasteiger partial charge in [0.25, 0.3) is 0 Å². The van der Waals surface area contributed by atoms with E-state index in [4.69, 9.17) is 11.6 Å². The quantitative estimate of drug-likeness (QED) is 0.475. The van der Waals surface area contributed by atoms with E-state index in [9.17, 15) is 0 Å². The Morgan fingerprint density at radius 2 is 1.30 bits per heavy atom. The number of nitrogens with one attached hydrogen (secondary N) is 1. The second kappa shape index (κ2) is 9.59. The van der Waals surface area contributed by atoms with Crippen molar-refractivity contribution in [3.05, 3.63) is 88.9 Å². The summed E-state index contributed by atoms with van der Waals surface area (Å²) in [6.07, 6.45) is 2.19. The van der Waals surface area contributed by atoms with E-state index in [2.05, 4.69) is 85.0 Å². The zero-order valence-electron chi connectivity index (χ0n) is 16.1. The zero-order valence-corrected chi connectivity index (χ0v) is 16.8. The highest BCUT2D eigenvalue weighted by atomic mass is 35.5. The molecule has 3 heteroatoms. The molecule has 0 spiro atoms. The van der Waals surface area contributed by atoms with Crippen molar-refractivity contribution in [3.63, 3.8) is 0 Å². The Morgan fingerprint density at radius 1 is 0.741 bits per heavy atom. The van der Waals surface area contributed by atoms with E-state index >= 15 is 0 Å². The van der Waals surface area contributed by atoms with Gasteiger partial charge in [-0.3, -0.25) is 0 Å². The summed E-state index contributed by atoms with van der Waals surface area (Å²) >= 11 is 5.96. The van der Waals surface area contributed by atoms with Gasteiger partial charge in [0.2, 0.25) is 0 Å². The Hall–Kier alpha value is -2.29. The number of nitrogens with zero attached hydrogens (tertiary/aromatic N) is 1. The van der Waals surface area contributed by atoms with E-state index in [1.165, 1.54) is 27.9 Å². The topological polar surface area (TPSA) is 15.3 Å². The second-order valence-corrected chi connectivity index (χ2v) is 7.61. The number of aryl methyl sites for hydroxylation is 1. The molecule has 0 amide bonds. The maximum Gasteiger partial charge on any atom is 0.0406 e. The summed E-state index contributed by atoms with van der Waals surface area (Å²) in [7, 11) is 4.18. The Kier molecular flexibility index (Phi) is 6.92. The Morgan fingerprint density at radius 3 is 1.89 bits per heavy atom. The van der Waals surface area contributed by atoms with E-state index in [0.29, 0.717) is 0 Å². The van der Waals surface area contributed by atoms with E-state index in [1.807, 2.05) is 12.1 Å². The van der Waals surface area contributed by atoms with Gasteiger partial charge in [0.15, 0.2) is 0 Å². The molecule has 0 atom stereocenters. The Balaban J connectivity index is 1.44. The van der Waals surface area contributed by atoms with Crippen molar-refractivity contribution in [2.45, 2.75) is 19.4 Å². The van der Waals surface area contributed by atoms with Crippen molar-refractivity contribution in [2.24, 2.45) is 0 Å². The molecule has 0 fully saturated rings. The highest BCUT2D eigenvalue weighted by molar-refractivity contribution is 6.30. The Labute approximate surface area is 167 Å². The van der Waals surface area contributed by atoms with Crippen LogP contribution >= 0.6 is 11.6 Å². The minimum Gasteiger partial charge on any atom is -0.385 e. The van der Waals surface area contributed by atoms with Crippen LogP contribution in [0.25, 0.3) is 11.1 Å². The van der Waals surface area contributed by atoms with Gasteiger partial charge in [-0.15, -0.1) is 0 Å². The van der Waals surface area contributed by atoms with E-state index in [1.54, 1.807) is 0 Å². The van der Waals surface area contributed by atoms with Gasteiger partial charge in [-0.2, -0.15) is 0 Å². The SMILES string of the molecule is CN(C)Cc1ccc(NCCCc2ccc(-c3ccc(Cl)cc3)cc2)cc1. The first-order chi connectivity index (χ1) is 13.1. The molecule has 0 saturated carbocycles. The number of anilines is 1. The molecule has 1 N–H and O–H groups in total. The van der Waals surface area contributed by atoms with Crippen LogP contribution in [-0.2, 0) is 13.0 Å². The lowest BCUT2D eigenvalue weighted by Gasteiger charge is -2.11. The van der Waals surface area contributed by atoms with E-state index in [-0.39, 0.29) is 0 Å². The second-order valence-electron chi connectivity index (χ2n) is 7.17. The standard InChI is InChI=1S/C24H27ClN2/c1-27(2)18-20-7-15-24(16-8-20)26-17-3-4-19-5-9-21(10-6-19)22-11-13-23(25)14-12-22/h5-16,26H,3-4,17-18H2,1-2H3. The van der Waals surface area contributed by atoms with Gasteiger partial charge in [0.05, 0.1) is 0 Å². The van der Waals surface area contributed by atoms with Crippen molar-refractivity contribution >= 4 is 17.3 Å². The molecular weight excluding hydrogens is 352 g/mol. The fraction of sp³-hybridized carbons (Fsp3) is 0.250. The molecule has 0 radical (unpaired) electrons. The van der Waals surface area contributed by atoms with Crippen LogP contribution in [0.2, 0.25) is 5.02 Å². The number of benzene rings is 3. The third kappa shape index (κ3) is 6.13. The number of halogens is 1. The first kappa shape index (κ1) is 19.5. The zero-order chi connectivity index (χ0) is 19.1. The van der Waals surface area contributed by atoms with Crippen molar-refractivity contribution in [2.75, 3.05) is 26.0 Å². The number of hydrogen-bond donors (Lipinski definition) is 1. The normalized spacial score (nSPS) is 11.0. The molecule has 27 heavy (non-hydrogen) atoms. The van der Waals surface area contributed by atoms with Crippen LogP contribution in [0.5, 0.6) is 0 Å². The summed E-state index contributed by atoms with van der Waals surface area (Å²) in [5, 5.41) is 4.29. The van der Waals surface area contributed by atoms with Crippen LogP contribution in [0.1, 0.15) is 17.5 Å². The van der Waals surface area contributed by atoms with Crippen LogP contribution in [-0.4, -0.2) is 25.5 Å². The molecule has 0 heterocycles. The third-order valence-electron chi connectivity index (χ3n) is 4.56. The lowest BCUT2D eigenvalue weighted by atomic mass is 10.0. The maximum atomic E-state index is 5.96. The summed E-state index contributed by atoms with van der Waals surface area (Å²) in [4.78, 5) is 2.18. The van der Waals surface area contributed by atoms with E-state index < -0.39 is 0 Å². The maximum absolute atomic E-state index is 5.96. The molecule has 0 aromatic heterocycles. The van der Waals surface area contributed by atoms with E-state index in [0.717, 1.165) is 31.0 Å². The fourth-order valence-corrected chi connectivity index (χ4v) is 3.25. The highest BCUT2D eigenvalue weighted by Gasteiger charge is 2.00. The predicted octanol–water partition coefficient (Wildman–Crippen LogP) is 6.11. The summed E-state index contributed by atoms with van der Waals surface area (Å²) in [5.74, 6) is 0. The molecule has 0 aliphatic heterocycles. The molecule has 0 unspecified atom stereocenters. The largest absolute Gasteiger partial charge is 0.385 e. The minimum absolute atomic E-state index is 0.773. The smallest absolute Gasteiger partial charge is 0.0406 e. The average molecular weight is 379 g/mol. The lowest BCUT2D eigenvalue weighted by Crippen LogP contribution is -2.10. The fourth-order valence-electron chi connectivity index (χ4n) is 3.12. The van der Waals surface area contributed by atoms with Gasteiger partial charge >= 0.3 is 0 Å². The summed E-state index contributed by atoms with van der Waals surface area (Å²) in [6.45, 7) is 1.96. The number of rotatable bonds is 8. The molecular formula is C24H27ClN2. The van der Waals surface area contributed by atoms with Crippen LogP contribution in [0.3, 0.4) is 0 Å². The number of hydrogen-bond acceptors (Lipinski definition) is 2. The van der Waals surface area contributed by atoms with Gasteiger partial charge in [0.1, 0.15) is 0 Å². The van der Waals surface area contributed by atoms with Crippen LogP contribution in [0.15, 0.2) is 72.8 Å². The van der Waals surface area contributed by atoms with Crippen molar-refractivity contribution in [1.82, 2.24) is 4.90 Å². The monoisotopic (exact) mass is 378 g/mol. The van der Waals surface area contributed by atoms with Gasteiger partial charge in [-0.1, -0.05) is 60.1 Å². The van der Waals surface area contributed by atoms with Crippen molar-refractivity contribution in [1.29, 1.82) is 0 Å². The summed E-state index contributed by atoms with van der Waals surface area (Å²) in [5.41, 5.74) is 6.33. The molecule has 2 nitrogen and oxygen atoms in total. The van der Waals surface area contributed by atoms with Crippen LogP contribution in [0, 0.1) is 0 Å². The molecule has 3 rings (SSSR count). The molecule has 3 aromatic carbocycles. The third-order valence-corrected chi connectivity index (χ3v) is 4.81. The van der Waals surface area contributed by atoms with Gasteiger partial charge < -0.3 is 10.2 Å². The predicted molar refractivity (Wildman–Crippen MR) is 118 cm³/mol. The molecule has 0 bridgehead atoms. The minimum atomic E-state index is 0.773. The average Bonchev–Trinajstić information content (AvgIpc) is 2.67. The van der Waals surface area contributed by atoms with Crippen LogP contribution < -0.4 is 5.32 Å². The molecule has 0 aliphatic rings. The van der Waals surface area contributed by atoms with Crippen molar-refractivity contribution in [3.8, 4) is 11.1 Å². The van der Waals surface area contributed by atoms with Gasteiger partial charge in [0, 0.05) is 23.8 Å². The molecule has 0 saturated heterocycles. The molecule has 0 aliphatic carbocycles. The molecule has 140 valence electrons. The molecule has 3 aromatic rings. The van der Waals surface area contributed by atoms with Crippen molar-refractivity contribution < 1.29 is 0 Å².